The molecule has 0 aliphatic carbocycles. The lowest BCUT2D eigenvalue weighted by Gasteiger charge is -2.08. The number of carbonyl (C=O) groups is 1. The Morgan fingerprint density at radius 3 is 2.76 bits per heavy atom. The van der Waals surface area contributed by atoms with E-state index in [0.29, 0.717) is 34.1 Å². The first-order chi connectivity index (χ1) is 16.6. The van der Waals surface area contributed by atoms with Crippen molar-refractivity contribution in [1.29, 1.82) is 0 Å². The second-order valence-electron chi connectivity index (χ2n) is 7.26. The molecule has 0 radical (unpaired) electrons. The van der Waals surface area contributed by atoms with Gasteiger partial charge >= 0.3 is 5.63 Å². The molecule has 0 saturated heterocycles. The molecule has 0 spiro atoms. The van der Waals surface area contributed by atoms with Gasteiger partial charge in [-0.25, -0.2) is 4.79 Å². The standard InChI is InChI=1S/C24H19N5O5/c1-32-19-9-5-3-7-16(19)22-27-26-20-10-11-21(28-29(20)22)33-13-12-25-23(30)17-14-15-6-2-4-8-18(15)34-24(17)31/h2-11,14H,12-13H2,1H3,(H,25,30). The Morgan fingerprint density at radius 1 is 1.06 bits per heavy atom. The zero-order valence-electron chi connectivity index (χ0n) is 18.1. The molecule has 170 valence electrons. The molecule has 0 unspecified atom stereocenters. The molecule has 0 atom stereocenters. The van der Waals surface area contributed by atoms with Gasteiger partial charge in [-0.1, -0.05) is 30.3 Å². The highest BCUT2D eigenvalue weighted by Gasteiger charge is 2.15. The van der Waals surface area contributed by atoms with E-state index in [1.807, 2.05) is 24.3 Å². The summed E-state index contributed by atoms with van der Waals surface area (Å²) < 4.78 is 17.9. The molecule has 0 aliphatic heterocycles. The van der Waals surface area contributed by atoms with Crippen LogP contribution in [0.25, 0.3) is 28.0 Å². The van der Waals surface area contributed by atoms with Crippen molar-refractivity contribution in [2.45, 2.75) is 0 Å². The third-order valence-electron chi connectivity index (χ3n) is 5.11. The summed E-state index contributed by atoms with van der Waals surface area (Å²) in [5, 5.41) is 16.1. The molecular formula is C24H19N5O5. The highest BCUT2D eigenvalue weighted by molar-refractivity contribution is 5.96. The quantitative estimate of drug-likeness (QED) is 0.293. The van der Waals surface area contributed by atoms with Gasteiger partial charge in [0.1, 0.15) is 23.5 Å². The summed E-state index contributed by atoms with van der Waals surface area (Å²) in [5.41, 5.74) is 0.952. The van der Waals surface area contributed by atoms with E-state index in [2.05, 4.69) is 20.6 Å². The zero-order valence-corrected chi connectivity index (χ0v) is 18.1. The third kappa shape index (κ3) is 4.04. The molecule has 10 heteroatoms. The van der Waals surface area contributed by atoms with Crippen LogP contribution in [0, 0.1) is 0 Å². The number of hydrogen-bond donors (Lipinski definition) is 1. The zero-order chi connectivity index (χ0) is 23.5. The maximum atomic E-state index is 12.4. The van der Waals surface area contributed by atoms with Crippen LogP contribution in [0.2, 0.25) is 0 Å². The Balaban J connectivity index is 1.26. The summed E-state index contributed by atoms with van der Waals surface area (Å²) in [6.07, 6.45) is 0. The summed E-state index contributed by atoms with van der Waals surface area (Å²) in [6, 6.07) is 19.3. The molecule has 10 nitrogen and oxygen atoms in total. The lowest BCUT2D eigenvalue weighted by atomic mass is 10.2. The topological polar surface area (TPSA) is 121 Å². The number of amides is 1. The molecule has 1 N–H and O–H groups in total. The van der Waals surface area contributed by atoms with Gasteiger partial charge < -0.3 is 19.2 Å². The average Bonchev–Trinajstić information content (AvgIpc) is 3.29. The maximum absolute atomic E-state index is 12.4. The van der Waals surface area contributed by atoms with E-state index in [-0.39, 0.29) is 18.7 Å². The van der Waals surface area contributed by atoms with Gasteiger partial charge in [-0.05, 0) is 30.3 Å². The first-order valence-electron chi connectivity index (χ1n) is 10.4. The van der Waals surface area contributed by atoms with E-state index in [0.717, 1.165) is 5.56 Å². The van der Waals surface area contributed by atoms with Crippen LogP contribution < -0.4 is 20.4 Å². The van der Waals surface area contributed by atoms with Crippen molar-refractivity contribution in [3.05, 3.63) is 82.7 Å². The van der Waals surface area contributed by atoms with Gasteiger partial charge in [0.25, 0.3) is 5.91 Å². The molecule has 5 aromatic rings. The molecule has 0 bridgehead atoms. The Bertz CT molecular complexity index is 1560. The van der Waals surface area contributed by atoms with Gasteiger partial charge in [0, 0.05) is 11.5 Å². The van der Waals surface area contributed by atoms with E-state index in [1.165, 1.54) is 6.07 Å². The summed E-state index contributed by atoms with van der Waals surface area (Å²) in [6.45, 7) is 0.293. The van der Waals surface area contributed by atoms with E-state index in [4.69, 9.17) is 13.9 Å². The van der Waals surface area contributed by atoms with Crippen molar-refractivity contribution < 1.29 is 18.7 Å². The van der Waals surface area contributed by atoms with Gasteiger partial charge in [-0.2, -0.15) is 4.52 Å². The molecule has 1 amide bonds. The monoisotopic (exact) mass is 457 g/mol. The molecular weight excluding hydrogens is 438 g/mol. The molecule has 0 aliphatic rings. The number of para-hydroxylation sites is 2. The summed E-state index contributed by atoms with van der Waals surface area (Å²) >= 11 is 0. The molecule has 0 saturated carbocycles. The van der Waals surface area contributed by atoms with Crippen molar-refractivity contribution in [3.63, 3.8) is 0 Å². The predicted octanol–water partition coefficient (Wildman–Crippen LogP) is 2.72. The van der Waals surface area contributed by atoms with Crippen molar-refractivity contribution in [2.24, 2.45) is 0 Å². The second-order valence-corrected chi connectivity index (χ2v) is 7.26. The Kier molecular flexibility index (Phi) is 5.61. The van der Waals surface area contributed by atoms with Crippen molar-refractivity contribution in [2.75, 3.05) is 20.3 Å². The van der Waals surface area contributed by atoms with Crippen molar-refractivity contribution in [1.82, 2.24) is 25.1 Å². The SMILES string of the molecule is COc1ccccc1-c1nnc2ccc(OCCNC(=O)c3cc4ccccc4oc3=O)nn12. The maximum Gasteiger partial charge on any atom is 0.349 e. The highest BCUT2D eigenvalue weighted by atomic mass is 16.5. The first-order valence-corrected chi connectivity index (χ1v) is 10.4. The lowest BCUT2D eigenvalue weighted by Crippen LogP contribution is -2.31. The van der Waals surface area contributed by atoms with Crippen molar-refractivity contribution in [3.8, 4) is 23.0 Å². The number of methoxy groups -OCH3 is 1. The van der Waals surface area contributed by atoms with Crippen molar-refractivity contribution >= 4 is 22.5 Å². The molecule has 3 aromatic heterocycles. The largest absolute Gasteiger partial charge is 0.496 e. The van der Waals surface area contributed by atoms with E-state index >= 15 is 0 Å². The normalized spacial score (nSPS) is 11.0. The van der Waals surface area contributed by atoms with Gasteiger partial charge in [0.15, 0.2) is 11.5 Å². The first kappa shape index (κ1) is 21.1. The molecule has 0 fully saturated rings. The Morgan fingerprint density at radius 2 is 1.88 bits per heavy atom. The van der Waals surface area contributed by atoms with Gasteiger partial charge in [-0.3, -0.25) is 4.79 Å². The minimum atomic E-state index is -0.694. The summed E-state index contributed by atoms with van der Waals surface area (Å²) in [4.78, 5) is 24.6. The Labute approximate surface area is 192 Å². The van der Waals surface area contributed by atoms with Gasteiger partial charge in [0.05, 0.1) is 19.2 Å². The van der Waals surface area contributed by atoms with Crippen LogP contribution in [0.5, 0.6) is 11.6 Å². The summed E-state index contributed by atoms with van der Waals surface area (Å²) in [5.74, 6) is 0.937. The lowest BCUT2D eigenvalue weighted by molar-refractivity contribution is 0.0943. The van der Waals surface area contributed by atoms with Crippen LogP contribution in [-0.2, 0) is 0 Å². The number of hydrogen-bond acceptors (Lipinski definition) is 8. The average molecular weight is 457 g/mol. The van der Waals surface area contributed by atoms with Crippen LogP contribution in [0.1, 0.15) is 10.4 Å². The fourth-order valence-electron chi connectivity index (χ4n) is 3.48. The van der Waals surface area contributed by atoms with Crippen LogP contribution in [0.15, 0.2) is 75.9 Å². The Hall–Kier alpha value is -4.73. The number of benzene rings is 2. The van der Waals surface area contributed by atoms with Gasteiger partial charge in [0.2, 0.25) is 5.88 Å². The number of aromatic nitrogens is 4. The predicted molar refractivity (Wildman–Crippen MR) is 123 cm³/mol. The smallest absolute Gasteiger partial charge is 0.349 e. The molecule has 2 aromatic carbocycles. The molecule has 5 rings (SSSR count). The number of fused-ring (bicyclic) bond motifs is 2. The highest BCUT2D eigenvalue weighted by Crippen LogP contribution is 2.28. The fourth-order valence-corrected chi connectivity index (χ4v) is 3.48. The van der Waals surface area contributed by atoms with E-state index in [9.17, 15) is 9.59 Å². The van der Waals surface area contributed by atoms with Crippen LogP contribution >= 0.6 is 0 Å². The number of carbonyl (C=O) groups excluding carboxylic acids is 1. The van der Waals surface area contributed by atoms with E-state index < -0.39 is 11.5 Å². The fraction of sp³-hybridized carbons (Fsp3) is 0.125. The number of nitrogens with zero attached hydrogens (tertiary/aromatic N) is 4. The second kappa shape index (κ2) is 9.02. The summed E-state index contributed by atoms with van der Waals surface area (Å²) in [7, 11) is 1.58. The molecule has 3 heterocycles. The van der Waals surface area contributed by atoms with Gasteiger partial charge in [-0.15, -0.1) is 15.3 Å². The van der Waals surface area contributed by atoms with E-state index in [1.54, 1.807) is 48.0 Å². The van der Waals surface area contributed by atoms with Crippen LogP contribution in [0.4, 0.5) is 0 Å². The van der Waals surface area contributed by atoms with Crippen LogP contribution in [0.3, 0.4) is 0 Å². The minimum absolute atomic E-state index is 0.0656. The van der Waals surface area contributed by atoms with Crippen LogP contribution in [-0.4, -0.2) is 46.0 Å². The minimum Gasteiger partial charge on any atom is -0.496 e. The number of nitrogens with one attached hydrogen (secondary N) is 1. The third-order valence-corrected chi connectivity index (χ3v) is 5.11. The number of rotatable bonds is 7. The number of ether oxygens (including phenoxy) is 2. The molecule has 34 heavy (non-hydrogen) atoms.